The lowest BCUT2D eigenvalue weighted by Crippen LogP contribution is -2.35. The molecule has 3 heteroatoms. The molecule has 96 valence electrons. The zero-order valence-corrected chi connectivity index (χ0v) is 11.4. The normalized spacial score (nSPS) is 14.4. The predicted molar refractivity (Wildman–Crippen MR) is 74.3 cm³/mol. The molecule has 0 saturated heterocycles. The van der Waals surface area contributed by atoms with Crippen LogP contribution in [-0.4, -0.2) is 9.78 Å². The molecule has 0 aliphatic heterocycles. The highest BCUT2D eigenvalue weighted by Crippen LogP contribution is 2.23. The zero-order chi connectivity index (χ0) is 13.2. The summed E-state index contributed by atoms with van der Waals surface area (Å²) in [6.07, 6.45) is 4.78. The maximum absolute atomic E-state index is 6.45. The first-order chi connectivity index (χ1) is 8.51. The first-order valence-electron chi connectivity index (χ1n) is 6.38. The molecule has 3 nitrogen and oxygen atoms in total. The molecule has 1 atom stereocenters. The van der Waals surface area contributed by atoms with E-state index in [4.69, 9.17) is 5.73 Å². The van der Waals surface area contributed by atoms with Gasteiger partial charge in [0.1, 0.15) is 0 Å². The molecule has 18 heavy (non-hydrogen) atoms. The van der Waals surface area contributed by atoms with E-state index in [0.29, 0.717) is 0 Å². The number of hydrogen-bond donors (Lipinski definition) is 1. The molecule has 1 aromatic carbocycles. The number of benzene rings is 1. The van der Waals surface area contributed by atoms with Crippen LogP contribution in [0.4, 0.5) is 0 Å². The van der Waals surface area contributed by atoms with E-state index in [-0.39, 0.29) is 5.54 Å². The Bertz CT molecular complexity index is 526. The van der Waals surface area contributed by atoms with Crippen molar-refractivity contribution < 1.29 is 0 Å². The summed E-state index contributed by atoms with van der Waals surface area (Å²) in [4.78, 5) is 0. The average Bonchev–Trinajstić information content (AvgIpc) is 2.76. The molecule has 1 unspecified atom stereocenters. The van der Waals surface area contributed by atoms with Crippen LogP contribution in [0.15, 0.2) is 36.7 Å². The number of nitrogens with zero attached hydrogens (tertiary/aromatic N) is 2. The van der Waals surface area contributed by atoms with Crippen molar-refractivity contribution >= 4 is 0 Å². The van der Waals surface area contributed by atoms with Crippen molar-refractivity contribution in [1.82, 2.24) is 9.78 Å². The van der Waals surface area contributed by atoms with Gasteiger partial charge in [0, 0.05) is 18.3 Å². The third-order valence-electron chi connectivity index (χ3n) is 3.26. The molecular formula is C15H21N3. The molecular weight excluding hydrogens is 222 g/mol. The minimum Gasteiger partial charge on any atom is -0.321 e. The number of nitrogens with two attached hydrogens (primary N) is 1. The van der Waals surface area contributed by atoms with Crippen LogP contribution in [0.25, 0.3) is 0 Å². The van der Waals surface area contributed by atoms with Crippen molar-refractivity contribution in [3.05, 3.63) is 53.3 Å². The summed E-state index contributed by atoms with van der Waals surface area (Å²) in [5.41, 5.74) is 9.70. The van der Waals surface area contributed by atoms with Crippen LogP contribution in [0.1, 0.15) is 30.5 Å². The van der Waals surface area contributed by atoms with Crippen molar-refractivity contribution in [3.63, 3.8) is 0 Å². The van der Waals surface area contributed by atoms with E-state index in [1.807, 2.05) is 10.9 Å². The number of aryl methyl sites for hydroxylation is 2. The summed E-state index contributed by atoms with van der Waals surface area (Å²) in [7, 11) is 0. The molecule has 2 aromatic rings. The van der Waals surface area contributed by atoms with Crippen LogP contribution in [-0.2, 0) is 18.5 Å². The molecule has 0 fully saturated rings. The molecule has 2 rings (SSSR count). The van der Waals surface area contributed by atoms with E-state index in [9.17, 15) is 0 Å². The van der Waals surface area contributed by atoms with Gasteiger partial charge in [-0.3, -0.25) is 4.68 Å². The van der Waals surface area contributed by atoms with Gasteiger partial charge in [-0.15, -0.1) is 0 Å². The number of aromatic nitrogens is 2. The molecule has 0 aliphatic rings. The third kappa shape index (κ3) is 2.79. The summed E-state index contributed by atoms with van der Waals surface area (Å²) in [5, 5.41) is 4.29. The second-order valence-corrected chi connectivity index (χ2v) is 5.17. The van der Waals surface area contributed by atoms with E-state index >= 15 is 0 Å². The van der Waals surface area contributed by atoms with Gasteiger partial charge in [0.15, 0.2) is 0 Å². The zero-order valence-electron chi connectivity index (χ0n) is 11.4. The first kappa shape index (κ1) is 12.8. The first-order valence-corrected chi connectivity index (χ1v) is 6.38. The van der Waals surface area contributed by atoms with E-state index < -0.39 is 0 Å². The molecule has 0 bridgehead atoms. The van der Waals surface area contributed by atoms with Crippen LogP contribution in [0, 0.1) is 6.92 Å². The summed E-state index contributed by atoms with van der Waals surface area (Å²) in [5.74, 6) is 0. The topological polar surface area (TPSA) is 43.8 Å². The van der Waals surface area contributed by atoms with Crippen LogP contribution in [0.3, 0.4) is 0 Å². The van der Waals surface area contributed by atoms with Gasteiger partial charge in [-0.2, -0.15) is 5.10 Å². The molecule has 0 amide bonds. The molecule has 0 aliphatic carbocycles. The fraction of sp³-hybridized carbons (Fsp3) is 0.400. The number of hydrogen-bond acceptors (Lipinski definition) is 2. The maximum Gasteiger partial charge on any atom is 0.0522 e. The van der Waals surface area contributed by atoms with Gasteiger partial charge in [-0.1, -0.05) is 29.8 Å². The Morgan fingerprint density at radius 3 is 2.78 bits per heavy atom. The van der Waals surface area contributed by atoms with Gasteiger partial charge in [0.25, 0.3) is 0 Å². The van der Waals surface area contributed by atoms with E-state index in [1.165, 1.54) is 16.7 Å². The quantitative estimate of drug-likeness (QED) is 0.897. The Hall–Kier alpha value is -1.61. The molecule has 2 N–H and O–H groups in total. The highest BCUT2D eigenvalue weighted by Gasteiger charge is 2.22. The second-order valence-electron chi connectivity index (χ2n) is 5.17. The lowest BCUT2D eigenvalue weighted by Gasteiger charge is -2.25. The Kier molecular flexibility index (Phi) is 3.53. The van der Waals surface area contributed by atoms with Gasteiger partial charge in [-0.05, 0) is 38.3 Å². The fourth-order valence-corrected chi connectivity index (χ4v) is 2.20. The molecule has 0 radical (unpaired) electrons. The monoisotopic (exact) mass is 243 g/mol. The fourth-order valence-electron chi connectivity index (χ4n) is 2.20. The van der Waals surface area contributed by atoms with Crippen molar-refractivity contribution in [2.45, 2.75) is 39.3 Å². The molecule has 1 aromatic heterocycles. The van der Waals surface area contributed by atoms with Crippen LogP contribution < -0.4 is 5.73 Å². The summed E-state index contributed by atoms with van der Waals surface area (Å²) in [6, 6.07) is 8.40. The second kappa shape index (κ2) is 4.94. The van der Waals surface area contributed by atoms with Gasteiger partial charge in [0.05, 0.1) is 6.20 Å². The van der Waals surface area contributed by atoms with Crippen molar-refractivity contribution in [2.24, 2.45) is 5.73 Å². The largest absolute Gasteiger partial charge is 0.321 e. The minimum absolute atomic E-state index is 0.354. The van der Waals surface area contributed by atoms with Gasteiger partial charge < -0.3 is 5.73 Å². The van der Waals surface area contributed by atoms with E-state index in [2.05, 4.69) is 56.3 Å². The smallest absolute Gasteiger partial charge is 0.0522 e. The highest BCUT2D eigenvalue weighted by atomic mass is 15.3. The average molecular weight is 243 g/mol. The molecule has 0 saturated carbocycles. The minimum atomic E-state index is -0.354. The van der Waals surface area contributed by atoms with Crippen molar-refractivity contribution in [3.8, 4) is 0 Å². The lowest BCUT2D eigenvalue weighted by atomic mass is 9.87. The predicted octanol–water partition coefficient (Wildman–Crippen LogP) is 2.63. The lowest BCUT2D eigenvalue weighted by molar-refractivity contribution is 0.490. The van der Waals surface area contributed by atoms with Crippen molar-refractivity contribution in [1.29, 1.82) is 0 Å². The Morgan fingerprint density at radius 2 is 2.17 bits per heavy atom. The summed E-state index contributed by atoms with van der Waals surface area (Å²) in [6.45, 7) is 7.14. The maximum atomic E-state index is 6.45. The SMILES string of the molecule is CCn1cc(CC(C)(N)c2cccc(C)c2)cn1. The standard InChI is InChI=1S/C15H21N3/c1-4-18-11-13(10-17-18)9-15(3,16)14-7-5-6-12(2)8-14/h5-8,10-11H,4,9,16H2,1-3H3. The summed E-state index contributed by atoms with van der Waals surface area (Å²) < 4.78 is 1.93. The van der Waals surface area contributed by atoms with Gasteiger partial charge in [-0.25, -0.2) is 0 Å². The van der Waals surface area contributed by atoms with Gasteiger partial charge >= 0.3 is 0 Å². The van der Waals surface area contributed by atoms with Crippen LogP contribution in [0.5, 0.6) is 0 Å². The van der Waals surface area contributed by atoms with Gasteiger partial charge in [0.2, 0.25) is 0 Å². The summed E-state index contributed by atoms with van der Waals surface area (Å²) >= 11 is 0. The Morgan fingerprint density at radius 1 is 1.39 bits per heavy atom. The van der Waals surface area contributed by atoms with Crippen LogP contribution in [0.2, 0.25) is 0 Å². The molecule has 0 spiro atoms. The van der Waals surface area contributed by atoms with Crippen LogP contribution >= 0.6 is 0 Å². The highest BCUT2D eigenvalue weighted by molar-refractivity contribution is 5.29. The Labute approximate surface area is 109 Å². The third-order valence-corrected chi connectivity index (χ3v) is 3.26. The van der Waals surface area contributed by atoms with Crippen molar-refractivity contribution in [2.75, 3.05) is 0 Å². The Balaban J connectivity index is 2.20. The molecule has 1 heterocycles. The van der Waals surface area contributed by atoms with E-state index in [0.717, 1.165) is 13.0 Å². The number of rotatable bonds is 4. The van der Waals surface area contributed by atoms with E-state index in [1.54, 1.807) is 0 Å².